The van der Waals surface area contributed by atoms with Crippen molar-refractivity contribution in [2.45, 2.75) is 19.4 Å². The van der Waals surface area contributed by atoms with E-state index in [0.29, 0.717) is 41.8 Å². The Kier molecular flexibility index (Phi) is 7.41. The lowest BCUT2D eigenvalue weighted by Crippen LogP contribution is -2.39. The third-order valence-corrected chi connectivity index (χ3v) is 3.81. The molecule has 0 heterocycles. The molecule has 6 heteroatoms. The molecule has 25 heavy (non-hydrogen) atoms. The van der Waals surface area contributed by atoms with E-state index in [2.05, 4.69) is 5.32 Å². The Bertz CT molecular complexity index is 693. The van der Waals surface area contributed by atoms with Gasteiger partial charge in [0.25, 0.3) is 5.91 Å². The van der Waals surface area contributed by atoms with E-state index in [0.717, 1.165) is 0 Å². The van der Waals surface area contributed by atoms with Gasteiger partial charge in [0.05, 0.1) is 18.7 Å². The van der Waals surface area contributed by atoms with Crippen LogP contribution in [0, 0.1) is 0 Å². The Hall–Kier alpha value is -2.40. The first-order valence-electron chi connectivity index (χ1n) is 8.10. The summed E-state index contributed by atoms with van der Waals surface area (Å²) in [6.07, 6.45) is -0.0634. The molecule has 0 bridgehead atoms. The molecule has 134 valence electrons. The average Bonchev–Trinajstić information content (AvgIpc) is 2.64. The third kappa shape index (κ3) is 5.57. The maximum atomic E-state index is 12.3. The van der Waals surface area contributed by atoms with Crippen LogP contribution < -0.4 is 19.5 Å². The topological polar surface area (TPSA) is 56.8 Å². The molecular weight excluding hydrogens is 342 g/mol. The van der Waals surface area contributed by atoms with E-state index in [4.69, 9.17) is 25.8 Å². The molecule has 0 aliphatic rings. The van der Waals surface area contributed by atoms with Gasteiger partial charge in [-0.1, -0.05) is 42.8 Å². The number of hydrogen-bond donors (Lipinski definition) is 1. The summed E-state index contributed by atoms with van der Waals surface area (Å²) in [6.45, 7) is 2.57. The molecule has 0 radical (unpaired) electrons. The molecule has 1 atom stereocenters. The fourth-order valence-corrected chi connectivity index (χ4v) is 2.39. The number of benzene rings is 2. The minimum Gasteiger partial charge on any atom is -0.493 e. The van der Waals surface area contributed by atoms with Gasteiger partial charge < -0.3 is 19.5 Å². The minimum absolute atomic E-state index is 0.198. The van der Waals surface area contributed by atoms with E-state index in [9.17, 15) is 4.79 Å². The maximum Gasteiger partial charge on any atom is 0.261 e. The summed E-state index contributed by atoms with van der Waals surface area (Å²) >= 11 is 6.01. The number of amides is 1. The summed E-state index contributed by atoms with van der Waals surface area (Å²) < 4.78 is 16.6. The molecule has 0 aromatic heterocycles. The average molecular weight is 364 g/mol. The fourth-order valence-electron chi connectivity index (χ4n) is 2.20. The van der Waals surface area contributed by atoms with E-state index < -0.39 is 6.10 Å². The normalized spacial score (nSPS) is 11.5. The first kappa shape index (κ1) is 18.9. The summed E-state index contributed by atoms with van der Waals surface area (Å²) in [5.41, 5.74) is 0. The zero-order valence-corrected chi connectivity index (χ0v) is 15.1. The number of ether oxygens (including phenoxy) is 3. The van der Waals surface area contributed by atoms with Gasteiger partial charge in [-0.3, -0.25) is 4.79 Å². The van der Waals surface area contributed by atoms with Crippen LogP contribution in [0.1, 0.15) is 13.3 Å². The van der Waals surface area contributed by atoms with Gasteiger partial charge in [0.1, 0.15) is 12.4 Å². The summed E-state index contributed by atoms with van der Waals surface area (Å²) in [4.78, 5) is 12.3. The zero-order chi connectivity index (χ0) is 18.1. The lowest BCUT2D eigenvalue weighted by atomic mass is 10.2. The fraction of sp³-hybridized carbons (Fsp3) is 0.316. The largest absolute Gasteiger partial charge is 0.493 e. The highest BCUT2D eigenvalue weighted by molar-refractivity contribution is 6.32. The summed E-state index contributed by atoms with van der Waals surface area (Å²) in [7, 11) is 1.56. The predicted octanol–water partition coefficient (Wildman–Crippen LogP) is 3.70. The van der Waals surface area contributed by atoms with Gasteiger partial charge in [0.15, 0.2) is 17.6 Å². The third-order valence-electron chi connectivity index (χ3n) is 3.50. The van der Waals surface area contributed by atoms with Crippen LogP contribution in [0.15, 0.2) is 48.5 Å². The molecule has 0 aliphatic carbocycles. The van der Waals surface area contributed by atoms with Gasteiger partial charge in [-0.05, 0) is 30.7 Å². The first-order valence-corrected chi connectivity index (χ1v) is 8.48. The molecule has 0 saturated carbocycles. The predicted molar refractivity (Wildman–Crippen MR) is 97.7 cm³/mol. The lowest BCUT2D eigenvalue weighted by molar-refractivity contribution is -0.128. The van der Waals surface area contributed by atoms with Crippen LogP contribution >= 0.6 is 11.6 Å². The number of carbonyl (C=O) groups excluding carboxylic acids is 1. The van der Waals surface area contributed by atoms with Crippen molar-refractivity contribution in [3.8, 4) is 17.2 Å². The van der Waals surface area contributed by atoms with Gasteiger partial charge >= 0.3 is 0 Å². The molecule has 0 saturated heterocycles. The second-order valence-corrected chi connectivity index (χ2v) is 5.64. The van der Waals surface area contributed by atoms with Crippen LogP contribution in [0.2, 0.25) is 5.02 Å². The van der Waals surface area contributed by atoms with Crippen molar-refractivity contribution in [2.24, 2.45) is 0 Å². The molecule has 2 aromatic rings. The monoisotopic (exact) mass is 363 g/mol. The van der Waals surface area contributed by atoms with Crippen LogP contribution in [0.3, 0.4) is 0 Å². The number of hydrogen-bond acceptors (Lipinski definition) is 4. The van der Waals surface area contributed by atoms with Crippen molar-refractivity contribution in [1.82, 2.24) is 5.32 Å². The quantitative estimate of drug-likeness (QED) is 0.690. The van der Waals surface area contributed by atoms with Gasteiger partial charge in [-0.25, -0.2) is 0 Å². The second kappa shape index (κ2) is 9.79. The molecular formula is C19H22ClNO4. The van der Waals surface area contributed by atoms with Crippen molar-refractivity contribution >= 4 is 17.5 Å². The smallest absolute Gasteiger partial charge is 0.261 e. The van der Waals surface area contributed by atoms with Crippen molar-refractivity contribution < 1.29 is 19.0 Å². The van der Waals surface area contributed by atoms with Crippen LogP contribution in [0.5, 0.6) is 17.2 Å². The molecule has 2 aromatic carbocycles. The minimum atomic E-state index is -0.600. The van der Waals surface area contributed by atoms with Gasteiger partial charge in [0, 0.05) is 0 Å². The maximum absolute atomic E-state index is 12.3. The van der Waals surface area contributed by atoms with Crippen LogP contribution in [0.25, 0.3) is 0 Å². The number of para-hydroxylation sites is 3. The number of rotatable bonds is 9. The molecule has 2 rings (SSSR count). The Morgan fingerprint density at radius 2 is 1.72 bits per heavy atom. The zero-order valence-electron chi connectivity index (χ0n) is 14.3. The number of nitrogens with one attached hydrogen (secondary N) is 1. The van der Waals surface area contributed by atoms with E-state index in [1.54, 1.807) is 31.4 Å². The molecule has 0 unspecified atom stereocenters. The van der Waals surface area contributed by atoms with Crippen LogP contribution in [-0.4, -0.2) is 32.3 Å². The van der Waals surface area contributed by atoms with Crippen molar-refractivity contribution in [1.29, 1.82) is 0 Å². The number of halogens is 1. The highest BCUT2D eigenvalue weighted by Crippen LogP contribution is 2.27. The Morgan fingerprint density at radius 1 is 1.08 bits per heavy atom. The van der Waals surface area contributed by atoms with Crippen LogP contribution in [-0.2, 0) is 4.79 Å². The second-order valence-electron chi connectivity index (χ2n) is 5.24. The SMILES string of the molecule is CC[C@H](Oc1ccccc1OC)C(=O)NCCOc1ccccc1Cl. The standard InChI is InChI=1S/C19H22ClNO4/c1-3-15(25-18-11-7-6-10-17(18)23-2)19(22)21-12-13-24-16-9-5-4-8-14(16)20/h4-11,15H,3,12-13H2,1-2H3,(H,21,22)/t15-/m0/s1. The molecule has 1 N–H and O–H groups in total. The van der Waals surface area contributed by atoms with E-state index >= 15 is 0 Å². The van der Waals surface area contributed by atoms with Crippen molar-refractivity contribution in [3.05, 3.63) is 53.6 Å². The molecule has 0 fully saturated rings. The summed E-state index contributed by atoms with van der Waals surface area (Å²) in [5, 5.41) is 3.35. The van der Waals surface area contributed by atoms with E-state index in [1.807, 2.05) is 31.2 Å². The van der Waals surface area contributed by atoms with Crippen molar-refractivity contribution in [3.63, 3.8) is 0 Å². The lowest BCUT2D eigenvalue weighted by Gasteiger charge is -2.19. The summed E-state index contributed by atoms with van der Waals surface area (Å²) in [5.74, 6) is 1.53. The van der Waals surface area contributed by atoms with Gasteiger partial charge in [0.2, 0.25) is 0 Å². The Morgan fingerprint density at radius 3 is 2.36 bits per heavy atom. The van der Waals surface area contributed by atoms with E-state index in [-0.39, 0.29) is 5.91 Å². The molecule has 5 nitrogen and oxygen atoms in total. The first-order chi connectivity index (χ1) is 12.2. The van der Waals surface area contributed by atoms with Crippen LogP contribution in [0.4, 0.5) is 0 Å². The molecule has 0 aliphatic heterocycles. The Balaban J connectivity index is 1.82. The highest BCUT2D eigenvalue weighted by Gasteiger charge is 2.19. The number of carbonyl (C=O) groups is 1. The Labute approximate surface area is 152 Å². The molecule has 1 amide bonds. The highest BCUT2D eigenvalue weighted by atomic mass is 35.5. The summed E-state index contributed by atoms with van der Waals surface area (Å²) in [6, 6.07) is 14.4. The van der Waals surface area contributed by atoms with Gasteiger partial charge in [-0.2, -0.15) is 0 Å². The van der Waals surface area contributed by atoms with E-state index in [1.165, 1.54) is 0 Å². The van der Waals surface area contributed by atoms with Gasteiger partial charge in [-0.15, -0.1) is 0 Å². The number of methoxy groups -OCH3 is 1. The van der Waals surface area contributed by atoms with Crippen molar-refractivity contribution in [2.75, 3.05) is 20.3 Å². The molecule has 0 spiro atoms.